The van der Waals surface area contributed by atoms with E-state index in [1.165, 1.54) is 38.5 Å². The molecule has 0 N–H and O–H groups in total. The van der Waals surface area contributed by atoms with E-state index in [-0.39, 0.29) is 5.41 Å². The Morgan fingerprint density at radius 1 is 1.28 bits per heavy atom. The smallest absolute Gasteiger partial charge is 0.140 e. The Hall–Kier alpha value is -0.700. The van der Waals surface area contributed by atoms with Crippen LogP contribution >= 0.6 is 12.6 Å². The van der Waals surface area contributed by atoms with Gasteiger partial charge in [0.05, 0.1) is 12.3 Å². The molecule has 18 heavy (non-hydrogen) atoms. The molecule has 0 aliphatic heterocycles. The van der Waals surface area contributed by atoms with Crippen molar-refractivity contribution in [2.24, 2.45) is 5.41 Å². The van der Waals surface area contributed by atoms with E-state index in [2.05, 4.69) is 17.6 Å². The van der Waals surface area contributed by atoms with Gasteiger partial charge in [0.2, 0.25) is 0 Å². The molecule has 0 saturated heterocycles. The molecular weight excluding hydrogens is 242 g/mol. The second-order valence-electron chi connectivity index (χ2n) is 5.45. The number of rotatable bonds is 4. The predicted octanol–water partition coefficient (Wildman–Crippen LogP) is 4.04. The summed E-state index contributed by atoms with van der Waals surface area (Å²) in [5.41, 5.74) is 1.24. The van der Waals surface area contributed by atoms with Crippen molar-refractivity contribution in [2.45, 2.75) is 45.4 Å². The third-order valence-corrected chi connectivity index (χ3v) is 4.66. The lowest BCUT2D eigenvalue weighted by Crippen LogP contribution is -2.30. The van der Waals surface area contributed by atoms with Gasteiger partial charge in [0.1, 0.15) is 5.75 Å². The number of aryl methyl sites for hydroxylation is 1. The van der Waals surface area contributed by atoms with Crippen LogP contribution in [0, 0.1) is 12.3 Å². The second-order valence-corrected chi connectivity index (χ2v) is 5.76. The minimum atomic E-state index is 0.266. The van der Waals surface area contributed by atoms with Crippen molar-refractivity contribution in [2.75, 3.05) is 12.4 Å². The molecule has 0 spiro atoms. The highest BCUT2D eigenvalue weighted by Gasteiger charge is 2.30. The van der Waals surface area contributed by atoms with Gasteiger partial charge in [-0.1, -0.05) is 25.7 Å². The van der Waals surface area contributed by atoms with E-state index in [0.29, 0.717) is 0 Å². The lowest BCUT2D eigenvalue weighted by molar-refractivity contribution is 0.147. The summed E-state index contributed by atoms with van der Waals surface area (Å²) in [4.78, 5) is 4.27. The summed E-state index contributed by atoms with van der Waals surface area (Å²) in [5, 5.41) is 0. The summed E-state index contributed by atoms with van der Waals surface area (Å²) < 4.78 is 6.01. The SMILES string of the molecule is Cc1ncccc1OCC1(CS)CCCCCC1. The highest BCUT2D eigenvalue weighted by atomic mass is 32.1. The largest absolute Gasteiger partial charge is 0.491 e. The van der Waals surface area contributed by atoms with E-state index >= 15 is 0 Å². The molecular formula is C15H23NOS. The summed E-state index contributed by atoms with van der Waals surface area (Å²) in [5.74, 6) is 1.84. The maximum Gasteiger partial charge on any atom is 0.140 e. The van der Waals surface area contributed by atoms with E-state index in [0.717, 1.165) is 23.8 Å². The van der Waals surface area contributed by atoms with Gasteiger partial charge in [0.25, 0.3) is 0 Å². The Morgan fingerprint density at radius 3 is 2.61 bits per heavy atom. The summed E-state index contributed by atoms with van der Waals surface area (Å²) in [6, 6.07) is 3.94. The Kier molecular flexibility index (Phi) is 4.93. The van der Waals surface area contributed by atoms with Gasteiger partial charge in [0.15, 0.2) is 0 Å². The van der Waals surface area contributed by atoms with Crippen LogP contribution in [0.1, 0.15) is 44.2 Å². The van der Waals surface area contributed by atoms with E-state index in [1.54, 1.807) is 0 Å². The van der Waals surface area contributed by atoms with Gasteiger partial charge >= 0.3 is 0 Å². The normalized spacial score (nSPS) is 19.2. The van der Waals surface area contributed by atoms with Gasteiger partial charge in [-0.15, -0.1) is 0 Å². The molecule has 1 aromatic rings. The van der Waals surface area contributed by atoms with E-state index < -0.39 is 0 Å². The lowest BCUT2D eigenvalue weighted by atomic mass is 9.83. The molecule has 2 rings (SSSR count). The molecule has 3 heteroatoms. The molecule has 1 aliphatic carbocycles. The quantitative estimate of drug-likeness (QED) is 0.655. The number of aromatic nitrogens is 1. The Labute approximate surface area is 116 Å². The molecule has 1 saturated carbocycles. The van der Waals surface area contributed by atoms with Crippen LogP contribution < -0.4 is 4.74 Å². The topological polar surface area (TPSA) is 22.1 Å². The minimum absolute atomic E-state index is 0.266. The van der Waals surface area contributed by atoms with Crippen LogP contribution in [0.3, 0.4) is 0 Å². The zero-order valence-corrected chi connectivity index (χ0v) is 12.1. The molecule has 0 bridgehead atoms. The van der Waals surface area contributed by atoms with Crippen molar-refractivity contribution in [3.63, 3.8) is 0 Å². The van der Waals surface area contributed by atoms with Gasteiger partial charge in [-0.3, -0.25) is 4.98 Å². The van der Waals surface area contributed by atoms with Gasteiger partial charge in [-0.2, -0.15) is 12.6 Å². The van der Waals surface area contributed by atoms with Crippen LogP contribution in [-0.2, 0) is 0 Å². The number of ether oxygens (including phenoxy) is 1. The van der Waals surface area contributed by atoms with Crippen molar-refractivity contribution in [1.82, 2.24) is 4.98 Å². The highest BCUT2D eigenvalue weighted by Crippen LogP contribution is 2.36. The fourth-order valence-corrected chi connectivity index (χ4v) is 3.09. The van der Waals surface area contributed by atoms with E-state index in [9.17, 15) is 0 Å². The maximum absolute atomic E-state index is 6.01. The van der Waals surface area contributed by atoms with Crippen LogP contribution in [-0.4, -0.2) is 17.3 Å². The van der Waals surface area contributed by atoms with Crippen LogP contribution in [0.4, 0.5) is 0 Å². The second kappa shape index (κ2) is 6.46. The van der Waals surface area contributed by atoms with Gasteiger partial charge < -0.3 is 4.74 Å². The van der Waals surface area contributed by atoms with Crippen LogP contribution in [0.15, 0.2) is 18.3 Å². The predicted molar refractivity (Wildman–Crippen MR) is 78.5 cm³/mol. The molecule has 1 aliphatic rings. The number of pyridine rings is 1. The van der Waals surface area contributed by atoms with Gasteiger partial charge in [-0.25, -0.2) is 0 Å². The van der Waals surface area contributed by atoms with Gasteiger partial charge in [0, 0.05) is 11.6 Å². The maximum atomic E-state index is 6.01. The average molecular weight is 265 g/mol. The first kappa shape index (κ1) is 13.7. The summed E-state index contributed by atoms with van der Waals surface area (Å²) in [6.45, 7) is 2.78. The molecule has 1 fully saturated rings. The van der Waals surface area contributed by atoms with Crippen molar-refractivity contribution in [1.29, 1.82) is 0 Å². The molecule has 0 aromatic carbocycles. The number of hydrogen-bond donors (Lipinski definition) is 1. The summed E-state index contributed by atoms with van der Waals surface area (Å²) in [7, 11) is 0. The Bertz CT molecular complexity index is 373. The zero-order chi connectivity index (χ0) is 12.8. The van der Waals surface area contributed by atoms with Crippen LogP contribution in [0.2, 0.25) is 0 Å². The average Bonchev–Trinajstić information content (AvgIpc) is 2.64. The summed E-state index contributed by atoms with van der Waals surface area (Å²) in [6.07, 6.45) is 9.66. The first-order valence-electron chi connectivity index (χ1n) is 6.91. The molecule has 0 atom stereocenters. The first-order chi connectivity index (χ1) is 8.76. The highest BCUT2D eigenvalue weighted by molar-refractivity contribution is 7.80. The molecule has 100 valence electrons. The minimum Gasteiger partial charge on any atom is -0.491 e. The van der Waals surface area contributed by atoms with Crippen LogP contribution in [0.25, 0.3) is 0 Å². The number of nitrogens with zero attached hydrogens (tertiary/aromatic N) is 1. The van der Waals surface area contributed by atoms with E-state index in [1.807, 2.05) is 25.3 Å². The molecule has 1 heterocycles. The zero-order valence-electron chi connectivity index (χ0n) is 11.2. The summed E-state index contributed by atoms with van der Waals surface area (Å²) >= 11 is 4.57. The van der Waals surface area contributed by atoms with Crippen molar-refractivity contribution in [3.8, 4) is 5.75 Å². The molecule has 1 aromatic heterocycles. The Morgan fingerprint density at radius 2 is 2.00 bits per heavy atom. The Balaban J connectivity index is 2.00. The first-order valence-corrected chi connectivity index (χ1v) is 7.54. The molecule has 0 unspecified atom stereocenters. The standard InChI is InChI=1S/C15H23NOS/c1-13-14(7-6-10-16-13)17-11-15(12-18)8-4-2-3-5-9-15/h6-7,10,18H,2-5,8-9,11-12H2,1H3. The molecule has 2 nitrogen and oxygen atoms in total. The fraction of sp³-hybridized carbons (Fsp3) is 0.667. The number of hydrogen-bond acceptors (Lipinski definition) is 3. The third kappa shape index (κ3) is 3.41. The number of thiol groups is 1. The van der Waals surface area contributed by atoms with Crippen molar-refractivity contribution < 1.29 is 4.74 Å². The van der Waals surface area contributed by atoms with Crippen molar-refractivity contribution >= 4 is 12.6 Å². The third-order valence-electron chi connectivity index (χ3n) is 3.99. The van der Waals surface area contributed by atoms with Gasteiger partial charge in [-0.05, 0) is 37.7 Å². The molecule has 0 amide bonds. The van der Waals surface area contributed by atoms with Crippen LogP contribution in [0.5, 0.6) is 5.75 Å². The van der Waals surface area contributed by atoms with E-state index in [4.69, 9.17) is 4.74 Å². The lowest BCUT2D eigenvalue weighted by Gasteiger charge is -2.31. The monoisotopic (exact) mass is 265 g/mol. The fourth-order valence-electron chi connectivity index (χ4n) is 2.68. The van der Waals surface area contributed by atoms with Crippen molar-refractivity contribution in [3.05, 3.63) is 24.0 Å². The molecule has 0 radical (unpaired) electrons.